The third-order valence-corrected chi connectivity index (χ3v) is 3.13. The van der Waals surface area contributed by atoms with Crippen molar-refractivity contribution in [2.45, 2.75) is 10.2 Å². The minimum atomic E-state index is -0.178. The van der Waals surface area contributed by atoms with Crippen LogP contribution in [0.1, 0.15) is 9.49 Å². The maximum Gasteiger partial charge on any atom is 0.172 e. The molecule has 0 radical (unpaired) electrons. The molecule has 1 aromatic carbocycles. The van der Waals surface area contributed by atoms with Crippen LogP contribution < -0.4 is 0 Å². The van der Waals surface area contributed by atoms with Crippen molar-refractivity contribution >= 4 is 22.6 Å². The molecule has 72 valence electrons. The van der Waals surface area contributed by atoms with E-state index in [1.807, 2.05) is 18.2 Å². The second-order valence-corrected chi connectivity index (χ2v) is 3.99. The van der Waals surface area contributed by atoms with Crippen LogP contribution in [0.2, 0.25) is 0 Å². The molecule has 0 N–H and O–H groups in total. The Kier molecular flexibility index (Phi) is 4.69. The maximum atomic E-state index is 5.19. The molecule has 0 aliphatic heterocycles. The molecule has 0 saturated heterocycles. The van der Waals surface area contributed by atoms with Gasteiger partial charge in [0.05, 0.1) is 3.92 Å². The maximum absolute atomic E-state index is 5.19. The highest BCUT2D eigenvalue weighted by Crippen LogP contribution is 2.28. The number of halogens is 1. The van der Waals surface area contributed by atoms with Crippen molar-refractivity contribution in [2.75, 3.05) is 14.2 Å². The minimum Gasteiger partial charge on any atom is -0.354 e. The van der Waals surface area contributed by atoms with Gasteiger partial charge in [-0.25, -0.2) is 0 Å². The molecule has 0 spiro atoms. The van der Waals surface area contributed by atoms with Crippen LogP contribution in [-0.4, -0.2) is 20.5 Å². The van der Waals surface area contributed by atoms with Crippen molar-refractivity contribution < 1.29 is 9.47 Å². The van der Waals surface area contributed by atoms with Gasteiger partial charge in [0.15, 0.2) is 6.29 Å². The van der Waals surface area contributed by atoms with Gasteiger partial charge in [-0.15, -0.1) is 0 Å². The van der Waals surface area contributed by atoms with Crippen molar-refractivity contribution in [3.63, 3.8) is 0 Å². The molecule has 1 unspecified atom stereocenters. The Balaban J connectivity index is 2.72. The fourth-order valence-corrected chi connectivity index (χ4v) is 2.13. The minimum absolute atomic E-state index is 0.178. The lowest BCUT2D eigenvalue weighted by molar-refractivity contribution is -0.0992. The molecule has 3 heteroatoms. The SMILES string of the molecule is COC(OC)C(I)c1ccccc1. The topological polar surface area (TPSA) is 18.5 Å². The Morgan fingerprint density at radius 1 is 1.08 bits per heavy atom. The smallest absolute Gasteiger partial charge is 0.172 e. The Labute approximate surface area is 92.4 Å². The largest absolute Gasteiger partial charge is 0.354 e. The predicted molar refractivity (Wildman–Crippen MR) is 61.0 cm³/mol. The molecule has 1 rings (SSSR count). The van der Waals surface area contributed by atoms with Gasteiger partial charge in [-0.2, -0.15) is 0 Å². The highest BCUT2D eigenvalue weighted by molar-refractivity contribution is 14.1. The summed E-state index contributed by atoms with van der Waals surface area (Å²) in [5.41, 5.74) is 1.22. The molecule has 0 heterocycles. The normalized spacial score (nSPS) is 13.2. The van der Waals surface area contributed by atoms with Crippen molar-refractivity contribution in [3.05, 3.63) is 35.9 Å². The highest BCUT2D eigenvalue weighted by atomic mass is 127. The molecule has 0 fully saturated rings. The summed E-state index contributed by atoms with van der Waals surface area (Å²) in [6, 6.07) is 10.2. The third-order valence-electron chi connectivity index (χ3n) is 1.82. The number of rotatable bonds is 4. The summed E-state index contributed by atoms with van der Waals surface area (Å²) in [5, 5.41) is 0. The third kappa shape index (κ3) is 2.93. The Bertz CT molecular complexity index is 234. The molecule has 0 aromatic heterocycles. The number of hydrogen-bond donors (Lipinski definition) is 0. The lowest BCUT2D eigenvalue weighted by Crippen LogP contribution is -2.18. The van der Waals surface area contributed by atoms with Gasteiger partial charge in [0.1, 0.15) is 0 Å². The Morgan fingerprint density at radius 2 is 1.62 bits per heavy atom. The number of ether oxygens (including phenoxy) is 2. The van der Waals surface area contributed by atoms with E-state index in [2.05, 4.69) is 34.7 Å². The molecular weight excluding hydrogens is 279 g/mol. The lowest BCUT2D eigenvalue weighted by atomic mass is 10.1. The predicted octanol–water partition coefficient (Wildman–Crippen LogP) is 2.78. The summed E-state index contributed by atoms with van der Waals surface area (Å²) >= 11 is 2.32. The number of alkyl halides is 1. The van der Waals surface area contributed by atoms with Crippen molar-refractivity contribution in [1.29, 1.82) is 0 Å². The van der Waals surface area contributed by atoms with Crippen LogP contribution in [0, 0.1) is 0 Å². The van der Waals surface area contributed by atoms with E-state index < -0.39 is 0 Å². The molecule has 0 aliphatic carbocycles. The van der Waals surface area contributed by atoms with Crippen LogP contribution >= 0.6 is 22.6 Å². The monoisotopic (exact) mass is 292 g/mol. The van der Waals surface area contributed by atoms with Gasteiger partial charge in [-0.3, -0.25) is 0 Å². The van der Waals surface area contributed by atoms with Crippen molar-refractivity contribution in [2.24, 2.45) is 0 Å². The number of benzene rings is 1. The summed E-state index contributed by atoms with van der Waals surface area (Å²) in [7, 11) is 3.31. The summed E-state index contributed by atoms with van der Waals surface area (Å²) in [4.78, 5) is 0. The van der Waals surface area contributed by atoms with Crippen molar-refractivity contribution in [3.8, 4) is 0 Å². The van der Waals surface area contributed by atoms with Gasteiger partial charge in [-0.1, -0.05) is 52.9 Å². The fourth-order valence-electron chi connectivity index (χ4n) is 1.13. The van der Waals surface area contributed by atoms with Crippen LogP contribution in [0.25, 0.3) is 0 Å². The quantitative estimate of drug-likeness (QED) is 0.482. The zero-order valence-electron chi connectivity index (χ0n) is 7.74. The lowest BCUT2D eigenvalue weighted by Gasteiger charge is -2.19. The van der Waals surface area contributed by atoms with Crippen molar-refractivity contribution in [1.82, 2.24) is 0 Å². The van der Waals surface area contributed by atoms with Gasteiger partial charge in [0, 0.05) is 14.2 Å². The van der Waals surface area contributed by atoms with Gasteiger partial charge < -0.3 is 9.47 Å². The first-order chi connectivity index (χ1) is 6.29. The van der Waals surface area contributed by atoms with Gasteiger partial charge >= 0.3 is 0 Å². The molecule has 0 bridgehead atoms. The summed E-state index contributed by atoms with van der Waals surface area (Å²) < 4.78 is 10.6. The van der Waals surface area contributed by atoms with Crippen LogP contribution in [-0.2, 0) is 9.47 Å². The van der Waals surface area contributed by atoms with E-state index in [1.165, 1.54) is 5.56 Å². The van der Waals surface area contributed by atoms with E-state index in [-0.39, 0.29) is 10.2 Å². The molecule has 0 saturated carbocycles. The Hall–Kier alpha value is -0.130. The van der Waals surface area contributed by atoms with Gasteiger partial charge in [0.2, 0.25) is 0 Å². The van der Waals surface area contributed by atoms with Gasteiger partial charge in [-0.05, 0) is 5.56 Å². The van der Waals surface area contributed by atoms with Crippen LogP contribution in [0.5, 0.6) is 0 Å². The molecule has 0 amide bonds. The first-order valence-corrected chi connectivity index (χ1v) is 5.28. The van der Waals surface area contributed by atoms with Crippen LogP contribution in [0.4, 0.5) is 0 Å². The van der Waals surface area contributed by atoms with E-state index in [0.717, 1.165) is 0 Å². The zero-order valence-corrected chi connectivity index (χ0v) is 9.89. The van der Waals surface area contributed by atoms with Gasteiger partial charge in [0.25, 0.3) is 0 Å². The molecule has 1 aromatic rings. The zero-order chi connectivity index (χ0) is 9.68. The first-order valence-electron chi connectivity index (χ1n) is 4.04. The molecular formula is C10H13IO2. The molecule has 1 atom stereocenters. The summed E-state index contributed by atoms with van der Waals surface area (Å²) in [6.45, 7) is 0. The summed E-state index contributed by atoms with van der Waals surface area (Å²) in [6.07, 6.45) is -0.178. The van der Waals surface area contributed by atoms with E-state index in [4.69, 9.17) is 9.47 Å². The highest BCUT2D eigenvalue weighted by Gasteiger charge is 2.18. The van der Waals surface area contributed by atoms with E-state index in [0.29, 0.717) is 0 Å². The summed E-state index contributed by atoms with van der Waals surface area (Å²) in [5.74, 6) is 0. The van der Waals surface area contributed by atoms with E-state index in [9.17, 15) is 0 Å². The standard InChI is InChI=1S/C10H13IO2/c1-12-10(13-2)9(11)8-6-4-3-5-7-8/h3-7,9-10H,1-2H3. The second kappa shape index (κ2) is 5.57. The Morgan fingerprint density at radius 3 is 2.08 bits per heavy atom. The average molecular weight is 292 g/mol. The van der Waals surface area contributed by atoms with E-state index in [1.54, 1.807) is 14.2 Å². The number of methoxy groups -OCH3 is 2. The molecule has 13 heavy (non-hydrogen) atoms. The second-order valence-electron chi connectivity index (χ2n) is 2.65. The van der Waals surface area contributed by atoms with Crippen LogP contribution in [0.15, 0.2) is 30.3 Å². The fraction of sp³-hybridized carbons (Fsp3) is 0.400. The van der Waals surface area contributed by atoms with E-state index >= 15 is 0 Å². The first kappa shape index (κ1) is 10.9. The van der Waals surface area contributed by atoms with Crippen LogP contribution in [0.3, 0.4) is 0 Å². The molecule has 2 nitrogen and oxygen atoms in total. The number of hydrogen-bond acceptors (Lipinski definition) is 2. The average Bonchev–Trinajstić information content (AvgIpc) is 2.21. The molecule has 0 aliphatic rings.